The summed E-state index contributed by atoms with van der Waals surface area (Å²) in [5, 5.41) is 1.39. The molecule has 1 aliphatic rings. The van der Waals surface area contributed by atoms with Crippen molar-refractivity contribution in [2.45, 2.75) is 38.6 Å². The molecule has 1 aromatic carbocycles. The zero-order chi connectivity index (χ0) is 12.4. The molecule has 96 valence electrons. The van der Waals surface area contributed by atoms with E-state index in [1.54, 1.807) is 0 Å². The van der Waals surface area contributed by atoms with E-state index in [9.17, 15) is 0 Å². The predicted molar refractivity (Wildman–Crippen MR) is 76.9 cm³/mol. The van der Waals surface area contributed by atoms with E-state index >= 15 is 0 Å². The summed E-state index contributed by atoms with van der Waals surface area (Å²) in [6.07, 6.45) is 7.44. The van der Waals surface area contributed by atoms with Gasteiger partial charge in [-0.15, -0.1) is 0 Å². The van der Waals surface area contributed by atoms with E-state index < -0.39 is 0 Å². The normalized spacial score (nSPS) is 15.7. The number of fused-ring (bicyclic) bond motifs is 1. The number of nitrogens with zero attached hydrogens (tertiary/aromatic N) is 1. The maximum atomic E-state index is 3.37. The van der Waals surface area contributed by atoms with E-state index in [2.05, 4.69) is 47.3 Å². The van der Waals surface area contributed by atoms with Gasteiger partial charge in [0.15, 0.2) is 0 Å². The third-order valence-electron chi connectivity index (χ3n) is 3.92. The van der Waals surface area contributed by atoms with Crippen LogP contribution in [0.3, 0.4) is 0 Å². The molecule has 0 bridgehead atoms. The predicted octanol–water partition coefficient (Wildman–Crippen LogP) is 3.58. The zero-order valence-electron chi connectivity index (χ0n) is 11.2. The highest BCUT2D eigenvalue weighted by atomic mass is 15.2. The summed E-state index contributed by atoms with van der Waals surface area (Å²) in [5.74, 6) is 0. The van der Waals surface area contributed by atoms with Gasteiger partial charge in [0.25, 0.3) is 0 Å². The minimum atomic E-state index is 0.884. The third kappa shape index (κ3) is 2.44. The highest BCUT2D eigenvalue weighted by molar-refractivity contribution is 5.83. The van der Waals surface area contributed by atoms with Crippen molar-refractivity contribution in [1.82, 2.24) is 9.88 Å². The Hall–Kier alpha value is -1.28. The first-order chi connectivity index (χ1) is 8.88. The molecule has 1 fully saturated rings. The van der Waals surface area contributed by atoms with Crippen molar-refractivity contribution < 1.29 is 0 Å². The van der Waals surface area contributed by atoms with Gasteiger partial charge in [0.2, 0.25) is 0 Å². The summed E-state index contributed by atoms with van der Waals surface area (Å²) in [6, 6.07) is 9.49. The van der Waals surface area contributed by atoms with Crippen molar-refractivity contribution in [2.24, 2.45) is 0 Å². The van der Waals surface area contributed by atoms with Gasteiger partial charge in [-0.05, 0) is 43.9 Å². The lowest BCUT2D eigenvalue weighted by Gasteiger charge is -2.20. The fourth-order valence-corrected chi connectivity index (χ4v) is 2.81. The number of hydrogen-bond donors (Lipinski definition) is 1. The lowest BCUT2D eigenvalue weighted by atomic mass is 10.1. The highest BCUT2D eigenvalue weighted by Gasteiger charge is 2.27. The summed E-state index contributed by atoms with van der Waals surface area (Å²) >= 11 is 0. The molecule has 18 heavy (non-hydrogen) atoms. The molecule has 2 nitrogen and oxygen atoms in total. The molecule has 1 heterocycles. The van der Waals surface area contributed by atoms with Crippen LogP contribution in [0.4, 0.5) is 0 Å². The van der Waals surface area contributed by atoms with Crippen LogP contribution in [0.25, 0.3) is 10.9 Å². The van der Waals surface area contributed by atoms with Crippen LogP contribution >= 0.6 is 0 Å². The fourth-order valence-electron chi connectivity index (χ4n) is 2.81. The first kappa shape index (κ1) is 11.8. The van der Waals surface area contributed by atoms with Gasteiger partial charge in [0, 0.05) is 29.7 Å². The first-order valence-electron chi connectivity index (χ1n) is 7.17. The molecule has 0 atom stereocenters. The van der Waals surface area contributed by atoms with Gasteiger partial charge in [-0.1, -0.05) is 25.1 Å². The van der Waals surface area contributed by atoms with Crippen molar-refractivity contribution in [3.63, 3.8) is 0 Å². The Morgan fingerprint density at radius 1 is 1.22 bits per heavy atom. The topological polar surface area (TPSA) is 19.0 Å². The van der Waals surface area contributed by atoms with Crippen LogP contribution in [0.1, 0.15) is 31.7 Å². The maximum Gasteiger partial charge on any atom is 0.0456 e. The standard InChI is InChI=1S/C16H22N2/c1-2-10-18(14-7-8-14)11-9-13-12-17-16-6-4-3-5-15(13)16/h3-6,12,14,17H,2,7-11H2,1H3. The van der Waals surface area contributed by atoms with Gasteiger partial charge in [0.05, 0.1) is 0 Å². The minimum Gasteiger partial charge on any atom is -0.361 e. The van der Waals surface area contributed by atoms with Crippen molar-refractivity contribution in [3.05, 3.63) is 36.0 Å². The van der Waals surface area contributed by atoms with E-state index in [1.807, 2.05) is 0 Å². The average molecular weight is 242 g/mol. The maximum absolute atomic E-state index is 3.37. The second-order valence-corrected chi connectivity index (χ2v) is 5.38. The Kier molecular flexibility index (Phi) is 3.37. The second-order valence-electron chi connectivity index (χ2n) is 5.38. The molecule has 0 saturated heterocycles. The summed E-state index contributed by atoms with van der Waals surface area (Å²) in [5.41, 5.74) is 2.73. The van der Waals surface area contributed by atoms with Crippen LogP contribution in [-0.4, -0.2) is 29.0 Å². The molecule has 1 aliphatic carbocycles. The van der Waals surface area contributed by atoms with E-state index in [0.29, 0.717) is 0 Å². The first-order valence-corrected chi connectivity index (χ1v) is 7.17. The number of nitrogens with one attached hydrogen (secondary N) is 1. The van der Waals surface area contributed by atoms with E-state index in [1.165, 1.54) is 55.2 Å². The number of hydrogen-bond acceptors (Lipinski definition) is 1. The van der Waals surface area contributed by atoms with Crippen molar-refractivity contribution >= 4 is 10.9 Å². The monoisotopic (exact) mass is 242 g/mol. The van der Waals surface area contributed by atoms with Crippen LogP contribution in [-0.2, 0) is 6.42 Å². The molecule has 0 radical (unpaired) electrons. The molecule has 1 aromatic heterocycles. The minimum absolute atomic E-state index is 0.884. The van der Waals surface area contributed by atoms with E-state index in [4.69, 9.17) is 0 Å². The zero-order valence-corrected chi connectivity index (χ0v) is 11.2. The van der Waals surface area contributed by atoms with Gasteiger partial charge in [-0.25, -0.2) is 0 Å². The number of rotatable bonds is 6. The Bertz CT molecular complexity index is 511. The van der Waals surface area contributed by atoms with Gasteiger partial charge >= 0.3 is 0 Å². The Morgan fingerprint density at radius 2 is 2.06 bits per heavy atom. The highest BCUT2D eigenvalue weighted by Crippen LogP contribution is 2.27. The van der Waals surface area contributed by atoms with Gasteiger partial charge in [-0.2, -0.15) is 0 Å². The molecule has 0 spiro atoms. The van der Waals surface area contributed by atoms with Crippen LogP contribution in [0, 0.1) is 0 Å². The van der Waals surface area contributed by atoms with Gasteiger partial charge < -0.3 is 9.88 Å². The molecule has 1 saturated carbocycles. The van der Waals surface area contributed by atoms with Gasteiger partial charge in [0.1, 0.15) is 0 Å². The Morgan fingerprint density at radius 3 is 2.83 bits per heavy atom. The lowest BCUT2D eigenvalue weighted by molar-refractivity contribution is 0.267. The summed E-state index contributed by atoms with van der Waals surface area (Å²) < 4.78 is 0. The van der Waals surface area contributed by atoms with Crippen LogP contribution in [0.5, 0.6) is 0 Å². The Labute approximate surface area is 109 Å². The quantitative estimate of drug-likeness (QED) is 0.820. The van der Waals surface area contributed by atoms with Crippen molar-refractivity contribution in [2.75, 3.05) is 13.1 Å². The van der Waals surface area contributed by atoms with Crippen molar-refractivity contribution in [3.8, 4) is 0 Å². The number of aromatic amines is 1. The molecule has 0 unspecified atom stereocenters. The van der Waals surface area contributed by atoms with Crippen LogP contribution in [0.2, 0.25) is 0 Å². The van der Waals surface area contributed by atoms with E-state index in [-0.39, 0.29) is 0 Å². The lowest BCUT2D eigenvalue weighted by Crippen LogP contribution is -2.29. The molecule has 2 aromatic rings. The summed E-state index contributed by atoms with van der Waals surface area (Å²) in [6.45, 7) is 4.74. The van der Waals surface area contributed by atoms with Gasteiger partial charge in [-0.3, -0.25) is 0 Å². The molecular weight excluding hydrogens is 220 g/mol. The molecule has 0 amide bonds. The van der Waals surface area contributed by atoms with E-state index in [0.717, 1.165) is 6.04 Å². The number of aromatic nitrogens is 1. The third-order valence-corrected chi connectivity index (χ3v) is 3.92. The molecule has 1 N–H and O–H groups in total. The average Bonchev–Trinajstić information content (AvgIpc) is 3.16. The Balaban J connectivity index is 1.68. The number of H-pyrrole nitrogens is 1. The molecular formula is C16H22N2. The SMILES string of the molecule is CCCN(CCc1c[nH]c2ccccc12)C1CC1. The largest absolute Gasteiger partial charge is 0.361 e. The van der Waals surface area contributed by atoms with Crippen molar-refractivity contribution in [1.29, 1.82) is 0 Å². The summed E-state index contributed by atoms with van der Waals surface area (Å²) in [4.78, 5) is 6.04. The molecule has 2 heteroatoms. The summed E-state index contributed by atoms with van der Waals surface area (Å²) in [7, 11) is 0. The number of benzene rings is 1. The molecule has 0 aliphatic heterocycles. The fraction of sp³-hybridized carbons (Fsp3) is 0.500. The van der Waals surface area contributed by atoms with Crippen LogP contribution < -0.4 is 0 Å². The number of para-hydroxylation sites is 1. The smallest absolute Gasteiger partial charge is 0.0456 e. The van der Waals surface area contributed by atoms with Crippen LogP contribution in [0.15, 0.2) is 30.5 Å². The molecule has 3 rings (SSSR count). The second kappa shape index (κ2) is 5.15.